The minimum absolute atomic E-state index is 0.0828. The highest BCUT2D eigenvalue weighted by Crippen LogP contribution is 2.20. The predicted octanol–water partition coefficient (Wildman–Crippen LogP) is 4.93. The number of hydrogen-bond acceptors (Lipinski definition) is 4. The van der Waals surface area contributed by atoms with Gasteiger partial charge >= 0.3 is 0 Å². The number of ether oxygens (including phenoxy) is 2. The number of methoxy groups -OCH3 is 1. The highest BCUT2D eigenvalue weighted by molar-refractivity contribution is 14.1. The molecule has 0 unspecified atom stereocenters. The summed E-state index contributed by atoms with van der Waals surface area (Å²) in [7, 11) is 1.62. The zero-order valence-electron chi connectivity index (χ0n) is 19.4. The molecule has 1 aliphatic carbocycles. The second-order valence-corrected chi connectivity index (χ2v) is 9.63. The molecular weight excluding hydrogens is 531 g/mol. The normalized spacial score (nSPS) is 14.9. The quantitative estimate of drug-likeness (QED) is 0.416. The highest BCUT2D eigenvalue weighted by Gasteiger charge is 2.30. The van der Waals surface area contributed by atoms with Gasteiger partial charge in [-0.05, 0) is 83.8 Å². The molecule has 0 heterocycles. The van der Waals surface area contributed by atoms with Gasteiger partial charge in [0.15, 0.2) is 6.61 Å². The molecule has 0 aliphatic heterocycles. The molecule has 33 heavy (non-hydrogen) atoms. The Balaban J connectivity index is 1.74. The second-order valence-electron chi connectivity index (χ2n) is 8.38. The molecule has 0 spiro atoms. The number of hydrogen-bond donors (Lipinski definition) is 1. The first-order valence-electron chi connectivity index (χ1n) is 11.6. The van der Waals surface area contributed by atoms with Gasteiger partial charge in [0.1, 0.15) is 17.5 Å². The first kappa shape index (κ1) is 25.3. The smallest absolute Gasteiger partial charge is 0.261 e. The van der Waals surface area contributed by atoms with Crippen molar-refractivity contribution in [2.24, 2.45) is 0 Å². The standard InChI is InChI=1S/C26H33IN2O4/c1-3-24(26(31)28-21-7-5-4-6-8-21)29(17-19-9-13-22(32-2)14-10-19)25(30)18-33-23-15-11-20(27)12-16-23/h9-16,21,24H,3-8,17-18H2,1-2H3,(H,28,31)/t24-/m0/s1. The molecule has 7 heteroatoms. The summed E-state index contributed by atoms with van der Waals surface area (Å²) >= 11 is 2.23. The van der Waals surface area contributed by atoms with Crippen LogP contribution in [-0.4, -0.2) is 42.5 Å². The van der Waals surface area contributed by atoms with E-state index in [2.05, 4.69) is 27.9 Å². The number of amides is 2. The zero-order valence-corrected chi connectivity index (χ0v) is 21.5. The summed E-state index contributed by atoms with van der Waals surface area (Å²) in [6.07, 6.45) is 6.04. The largest absolute Gasteiger partial charge is 0.497 e. The van der Waals surface area contributed by atoms with E-state index >= 15 is 0 Å². The molecule has 3 rings (SSSR count). The number of rotatable bonds is 10. The molecule has 0 bridgehead atoms. The Hall–Kier alpha value is -2.29. The van der Waals surface area contributed by atoms with Crippen LogP contribution in [0.5, 0.6) is 11.5 Å². The van der Waals surface area contributed by atoms with E-state index in [0.717, 1.165) is 40.6 Å². The van der Waals surface area contributed by atoms with Crippen LogP contribution in [0.2, 0.25) is 0 Å². The highest BCUT2D eigenvalue weighted by atomic mass is 127. The summed E-state index contributed by atoms with van der Waals surface area (Å²) in [4.78, 5) is 28.2. The molecule has 2 amide bonds. The Labute approximate surface area is 210 Å². The topological polar surface area (TPSA) is 67.9 Å². The molecule has 6 nitrogen and oxygen atoms in total. The Kier molecular flexibility index (Phi) is 9.84. The van der Waals surface area contributed by atoms with E-state index in [1.54, 1.807) is 12.0 Å². The molecule has 178 valence electrons. The van der Waals surface area contributed by atoms with Crippen molar-refractivity contribution in [3.63, 3.8) is 0 Å². The van der Waals surface area contributed by atoms with Crippen LogP contribution in [0.15, 0.2) is 48.5 Å². The Morgan fingerprint density at radius 3 is 2.27 bits per heavy atom. The number of halogens is 1. The summed E-state index contributed by atoms with van der Waals surface area (Å²) in [5.41, 5.74) is 0.933. The van der Waals surface area contributed by atoms with Crippen LogP contribution in [0.25, 0.3) is 0 Å². The van der Waals surface area contributed by atoms with Crippen LogP contribution in [0, 0.1) is 3.57 Å². The van der Waals surface area contributed by atoms with Gasteiger partial charge in [-0.3, -0.25) is 9.59 Å². The molecule has 0 saturated heterocycles. The van der Waals surface area contributed by atoms with Crippen molar-refractivity contribution in [3.05, 3.63) is 57.7 Å². The van der Waals surface area contributed by atoms with Gasteiger partial charge in [-0.15, -0.1) is 0 Å². The van der Waals surface area contributed by atoms with Gasteiger partial charge in [0, 0.05) is 16.2 Å². The molecule has 2 aromatic carbocycles. The monoisotopic (exact) mass is 564 g/mol. The maximum absolute atomic E-state index is 13.3. The summed E-state index contributed by atoms with van der Waals surface area (Å²) in [5.74, 6) is 1.09. The fourth-order valence-electron chi connectivity index (χ4n) is 4.15. The van der Waals surface area contributed by atoms with Gasteiger partial charge < -0.3 is 19.7 Å². The molecule has 1 saturated carbocycles. The summed E-state index contributed by atoms with van der Waals surface area (Å²) < 4.78 is 12.1. The van der Waals surface area contributed by atoms with Gasteiger partial charge in [-0.1, -0.05) is 38.3 Å². The van der Waals surface area contributed by atoms with Crippen molar-refractivity contribution in [2.75, 3.05) is 13.7 Å². The Morgan fingerprint density at radius 1 is 1.03 bits per heavy atom. The van der Waals surface area contributed by atoms with Crippen LogP contribution in [0.3, 0.4) is 0 Å². The molecule has 1 N–H and O–H groups in total. The third-order valence-electron chi connectivity index (χ3n) is 6.03. The van der Waals surface area contributed by atoms with E-state index in [9.17, 15) is 9.59 Å². The maximum Gasteiger partial charge on any atom is 0.261 e. The fourth-order valence-corrected chi connectivity index (χ4v) is 4.51. The maximum atomic E-state index is 13.3. The van der Waals surface area contributed by atoms with Gasteiger partial charge in [-0.25, -0.2) is 0 Å². The first-order chi connectivity index (χ1) is 16.0. The van der Waals surface area contributed by atoms with E-state index in [1.807, 2.05) is 55.5 Å². The predicted molar refractivity (Wildman–Crippen MR) is 137 cm³/mol. The van der Waals surface area contributed by atoms with Crippen molar-refractivity contribution in [1.82, 2.24) is 10.2 Å². The fraction of sp³-hybridized carbons (Fsp3) is 0.462. The van der Waals surface area contributed by atoms with E-state index < -0.39 is 6.04 Å². The second kappa shape index (κ2) is 12.8. The Bertz CT molecular complexity index is 896. The molecule has 0 aromatic heterocycles. The van der Waals surface area contributed by atoms with Crippen molar-refractivity contribution in [1.29, 1.82) is 0 Å². The first-order valence-corrected chi connectivity index (χ1v) is 12.7. The van der Waals surface area contributed by atoms with Crippen molar-refractivity contribution in [2.45, 2.75) is 64.1 Å². The minimum Gasteiger partial charge on any atom is -0.497 e. The van der Waals surface area contributed by atoms with E-state index in [0.29, 0.717) is 18.7 Å². The van der Waals surface area contributed by atoms with Crippen LogP contribution >= 0.6 is 22.6 Å². The van der Waals surface area contributed by atoms with Gasteiger partial charge in [0.2, 0.25) is 5.91 Å². The lowest BCUT2D eigenvalue weighted by atomic mass is 9.95. The number of benzene rings is 2. The van der Waals surface area contributed by atoms with E-state index in [-0.39, 0.29) is 24.5 Å². The SMILES string of the molecule is CC[C@@H](C(=O)NC1CCCCC1)N(Cc1ccc(OC)cc1)C(=O)COc1ccc(I)cc1. The van der Waals surface area contributed by atoms with Crippen LogP contribution in [-0.2, 0) is 16.1 Å². The minimum atomic E-state index is -0.554. The molecule has 2 aromatic rings. The lowest BCUT2D eigenvalue weighted by Crippen LogP contribution is -2.52. The van der Waals surface area contributed by atoms with Crippen molar-refractivity contribution >= 4 is 34.4 Å². The summed E-state index contributed by atoms with van der Waals surface area (Å²) in [6.45, 7) is 2.15. The van der Waals surface area contributed by atoms with E-state index in [1.165, 1.54) is 6.42 Å². The zero-order chi connectivity index (χ0) is 23.6. The van der Waals surface area contributed by atoms with Crippen molar-refractivity contribution < 1.29 is 19.1 Å². The Morgan fingerprint density at radius 2 is 1.67 bits per heavy atom. The lowest BCUT2D eigenvalue weighted by Gasteiger charge is -2.32. The number of nitrogens with one attached hydrogen (secondary N) is 1. The van der Waals surface area contributed by atoms with Crippen LogP contribution < -0.4 is 14.8 Å². The number of carbonyl (C=O) groups is 2. The molecule has 1 aliphatic rings. The van der Waals surface area contributed by atoms with Crippen molar-refractivity contribution in [3.8, 4) is 11.5 Å². The summed E-state index contributed by atoms with van der Waals surface area (Å²) in [5, 5.41) is 3.19. The molecule has 1 atom stereocenters. The average Bonchev–Trinajstić information content (AvgIpc) is 2.84. The molecular formula is C26H33IN2O4. The molecule has 1 fully saturated rings. The lowest BCUT2D eigenvalue weighted by molar-refractivity contribution is -0.143. The van der Waals surface area contributed by atoms with Gasteiger partial charge in [-0.2, -0.15) is 0 Å². The average molecular weight is 564 g/mol. The van der Waals surface area contributed by atoms with E-state index in [4.69, 9.17) is 9.47 Å². The third-order valence-corrected chi connectivity index (χ3v) is 6.74. The van der Waals surface area contributed by atoms with Gasteiger partial charge in [0.25, 0.3) is 5.91 Å². The van der Waals surface area contributed by atoms with Crippen LogP contribution in [0.1, 0.15) is 51.0 Å². The van der Waals surface area contributed by atoms with Gasteiger partial charge in [0.05, 0.1) is 7.11 Å². The summed E-state index contributed by atoms with van der Waals surface area (Å²) in [6, 6.07) is 14.8. The molecule has 0 radical (unpaired) electrons. The number of nitrogens with zero attached hydrogens (tertiary/aromatic N) is 1. The third kappa shape index (κ3) is 7.62. The van der Waals surface area contributed by atoms with Crippen LogP contribution in [0.4, 0.5) is 0 Å². The number of carbonyl (C=O) groups excluding carboxylic acids is 2.